The fourth-order valence-corrected chi connectivity index (χ4v) is 2.65. The van der Waals surface area contributed by atoms with E-state index >= 15 is 0 Å². The highest BCUT2D eigenvalue weighted by atomic mass is 16.5. The Balaban J connectivity index is 1.85. The van der Waals surface area contributed by atoms with Gasteiger partial charge in [0.1, 0.15) is 17.7 Å². The van der Waals surface area contributed by atoms with Crippen LogP contribution in [-0.4, -0.2) is 17.1 Å². The summed E-state index contributed by atoms with van der Waals surface area (Å²) in [6, 6.07) is 4.39. The van der Waals surface area contributed by atoms with Crippen LogP contribution in [0.3, 0.4) is 0 Å². The van der Waals surface area contributed by atoms with Crippen LogP contribution in [0.1, 0.15) is 42.5 Å². The average molecular weight is 243 g/mol. The number of ether oxygens (including phenoxy) is 1. The van der Waals surface area contributed by atoms with Gasteiger partial charge in [-0.05, 0) is 50.2 Å². The number of nitrogens with two attached hydrogens (primary N) is 1. The predicted molar refractivity (Wildman–Crippen MR) is 67.2 cm³/mol. The van der Waals surface area contributed by atoms with Gasteiger partial charge in [0.05, 0.1) is 0 Å². The Hall–Kier alpha value is -1.60. The summed E-state index contributed by atoms with van der Waals surface area (Å²) < 4.78 is 5.80. The molecule has 2 aliphatic rings. The number of aryl methyl sites for hydroxylation is 2. The highest BCUT2D eigenvalue weighted by molar-refractivity contribution is 5.43. The van der Waals surface area contributed by atoms with Crippen molar-refractivity contribution in [1.82, 2.24) is 4.98 Å². The van der Waals surface area contributed by atoms with Gasteiger partial charge in [0.15, 0.2) is 0 Å². The lowest BCUT2D eigenvalue weighted by molar-refractivity contribution is 0.0951. The summed E-state index contributed by atoms with van der Waals surface area (Å²) in [6.45, 7) is 0. The molecule has 2 aliphatic carbocycles. The first-order chi connectivity index (χ1) is 8.76. The normalized spacial score (nSPS) is 25.8. The summed E-state index contributed by atoms with van der Waals surface area (Å²) >= 11 is 0. The molecule has 0 unspecified atom stereocenters. The molecule has 1 saturated carbocycles. The fourth-order valence-electron chi connectivity index (χ4n) is 2.65. The van der Waals surface area contributed by atoms with Gasteiger partial charge < -0.3 is 10.5 Å². The largest absolute Gasteiger partial charge is 0.473 e. The molecule has 2 N–H and O–H groups in total. The maximum atomic E-state index is 9.18. The molecule has 0 radical (unpaired) electrons. The summed E-state index contributed by atoms with van der Waals surface area (Å²) in [5.41, 5.74) is 8.63. The number of pyridine rings is 1. The van der Waals surface area contributed by atoms with E-state index in [0.717, 1.165) is 31.4 Å². The second-order valence-electron chi connectivity index (χ2n) is 5.24. The van der Waals surface area contributed by atoms with E-state index in [2.05, 4.69) is 11.1 Å². The molecule has 18 heavy (non-hydrogen) atoms. The van der Waals surface area contributed by atoms with Crippen molar-refractivity contribution in [1.29, 1.82) is 5.26 Å². The molecule has 0 bridgehead atoms. The van der Waals surface area contributed by atoms with Gasteiger partial charge in [-0.1, -0.05) is 0 Å². The lowest BCUT2D eigenvalue weighted by atomic mass is 9.90. The highest BCUT2D eigenvalue weighted by Gasteiger charge is 2.29. The SMILES string of the molecule is N#Cc1cc2c(nc1OC1CC(N)C1)CCCC2. The first-order valence-corrected chi connectivity index (χ1v) is 6.61. The van der Waals surface area contributed by atoms with Crippen molar-refractivity contribution < 1.29 is 4.74 Å². The molecule has 0 aliphatic heterocycles. The summed E-state index contributed by atoms with van der Waals surface area (Å²) in [5, 5.41) is 9.18. The van der Waals surface area contributed by atoms with Gasteiger partial charge in [0.25, 0.3) is 0 Å². The minimum Gasteiger partial charge on any atom is -0.473 e. The first-order valence-electron chi connectivity index (χ1n) is 6.61. The molecule has 1 aromatic heterocycles. The lowest BCUT2D eigenvalue weighted by Crippen LogP contribution is -2.43. The molecule has 4 heteroatoms. The first kappa shape index (κ1) is 11.5. The monoisotopic (exact) mass is 243 g/mol. The third kappa shape index (κ3) is 2.06. The molecule has 0 amide bonds. The van der Waals surface area contributed by atoms with E-state index in [-0.39, 0.29) is 12.1 Å². The number of hydrogen-bond acceptors (Lipinski definition) is 4. The molecule has 0 spiro atoms. The number of aromatic nitrogens is 1. The lowest BCUT2D eigenvalue weighted by Gasteiger charge is -2.32. The van der Waals surface area contributed by atoms with Gasteiger partial charge in [-0.15, -0.1) is 0 Å². The number of nitrogens with zero attached hydrogens (tertiary/aromatic N) is 2. The van der Waals surface area contributed by atoms with Gasteiger partial charge in [0.2, 0.25) is 5.88 Å². The van der Waals surface area contributed by atoms with Crippen molar-refractivity contribution in [2.24, 2.45) is 5.73 Å². The molecule has 0 aromatic carbocycles. The fraction of sp³-hybridized carbons (Fsp3) is 0.571. The number of fused-ring (bicyclic) bond motifs is 1. The van der Waals surface area contributed by atoms with Crippen LogP contribution in [0.5, 0.6) is 5.88 Å². The molecular weight excluding hydrogens is 226 g/mol. The zero-order valence-electron chi connectivity index (χ0n) is 10.4. The zero-order chi connectivity index (χ0) is 12.5. The van der Waals surface area contributed by atoms with E-state index in [1.54, 1.807) is 0 Å². The molecular formula is C14H17N3O. The van der Waals surface area contributed by atoms with Gasteiger partial charge in [-0.2, -0.15) is 5.26 Å². The van der Waals surface area contributed by atoms with E-state index in [0.29, 0.717) is 11.4 Å². The Bertz CT molecular complexity index is 500. The van der Waals surface area contributed by atoms with Crippen LogP contribution in [0.15, 0.2) is 6.07 Å². The van der Waals surface area contributed by atoms with Crippen LogP contribution in [0.25, 0.3) is 0 Å². The average Bonchev–Trinajstić information content (AvgIpc) is 2.36. The summed E-state index contributed by atoms with van der Waals surface area (Å²) in [7, 11) is 0. The van der Waals surface area contributed by atoms with Gasteiger partial charge in [-0.3, -0.25) is 0 Å². The zero-order valence-corrected chi connectivity index (χ0v) is 10.4. The van der Waals surface area contributed by atoms with Crippen LogP contribution < -0.4 is 10.5 Å². The Labute approximate surface area is 107 Å². The van der Waals surface area contributed by atoms with Crippen LogP contribution in [0.4, 0.5) is 0 Å². The van der Waals surface area contributed by atoms with E-state index < -0.39 is 0 Å². The molecule has 4 nitrogen and oxygen atoms in total. The third-order valence-corrected chi connectivity index (χ3v) is 3.80. The quantitative estimate of drug-likeness (QED) is 0.858. The van der Waals surface area contributed by atoms with Crippen LogP contribution in [0.2, 0.25) is 0 Å². The molecule has 1 fully saturated rings. The number of nitriles is 1. The van der Waals surface area contributed by atoms with Crippen molar-refractivity contribution in [3.8, 4) is 11.9 Å². The molecule has 1 heterocycles. The smallest absolute Gasteiger partial charge is 0.232 e. The topological polar surface area (TPSA) is 71.9 Å². The number of rotatable bonds is 2. The van der Waals surface area contributed by atoms with Crippen molar-refractivity contribution in [2.75, 3.05) is 0 Å². The maximum absolute atomic E-state index is 9.18. The minimum absolute atomic E-state index is 0.140. The van der Waals surface area contributed by atoms with Crippen molar-refractivity contribution >= 4 is 0 Å². The van der Waals surface area contributed by atoms with Crippen molar-refractivity contribution in [3.05, 3.63) is 22.9 Å². The highest BCUT2D eigenvalue weighted by Crippen LogP contribution is 2.29. The van der Waals surface area contributed by atoms with E-state index in [1.165, 1.54) is 18.4 Å². The standard InChI is InChI=1S/C14H17N3O/c15-8-10-5-9-3-1-2-4-13(9)17-14(10)18-12-6-11(16)7-12/h5,11-12H,1-4,6-7,16H2. The molecule has 0 atom stereocenters. The van der Waals surface area contributed by atoms with E-state index in [4.69, 9.17) is 10.5 Å². The summed E-state index contributed by atoms with van der Waals surface area (Å²) in [4.78, 5) is 4.55. The van der Waals surface area contributed by atoms with Gasteiger partial charge in [-0.25, -0.2) is 4.98 Å². The Morgan fingerprint density at radius 3 is 2.83 bits per heavy atom. The van der Waals surface area contributed by atoms with E-state index in [9.17, 15) is 5.26 Å². The van der Waals surface area contributed by atoms with Crippen LogP contribution >= 0.6 is 0 Å². The second-order valence-corrected chi connectivity index (χ2v) is 5.24. The number of hydrogen-bond donors (Lipinski definition) is 1. The maximum Gasteiger partial charge on any atom is 0.232 e. The van der Waals surface area contributed by atoms with Crippen LogP contribution in [-0.2, 0) is 12.8 Å². The summed E-state index contributed by atoms with van der Waals surface area (Å²) in [5.74, 6) is 0.509. The third-order valence-electron chi connectivity index (χ3n) is 3.80. The molecule has 1 aromatic rings. The molecule has 94 valence electrons. The Morgan fingerprint density at radius 2 is 2.11 bits per heavy atom. The second kappa shape index (κ2) is 4.58. The van der Waals surface area contributed by atoms with E-state index in [1.807, 2.05) is 6.07 Å². The van der Waals surface area contributed by atoms with Crippen molar-refractivity contribution in [3.63, 3.8) is 0 Å². The van der Waals surface area contributed by atoms with Crippen LogP contribution in [0, 0.1) is 11.3 Å². The Kier molecular flexibility index (Phi) is 2.92. The summed E-state index contributed by atoms with van der Waals surface area (Å²) in [6.07, 6.45) is 6.28. The minimum atomic E-state index is 0.140. The van der Waals surface area contributed by atoms with Gasteiger partial charge >= 0.3 is 0 Å². The predicted octanol–water partition coefficient (Wildman–Crippen LogP) is 1.70. The Morgan fingerprint density at radius 1 is 1.33 bits per heavy atom. The van der Waals surface area contributed by atoms with Crippen molar-refractivity contribution in [2.45, 2.75) is 50.7 Å². The molecule has 3 rings (SSSR count). The molecule has 0 saturated heterocycles. The van der Waals surface area contributed by atoms with Gasteiger partial charge in [0, 0.05) is 11.7 Å².